The standard InChI is InChI=1S/C22H37BN2O5.C2H6/c1-19(2,26)13-28-18(24)10-17(25-7)22(27)11-14-8-16(9-15(14)12-22)23-29-20(3,4)21(5,6)30-23;1-2/h8,10,14-15,26-27H,9,11-13,24H2,1-7H3;1-2H3/b18-10+,25-17?;. The van der Waals surface area contributed by atoms with E-state index in [2.05, 4.69) is 38.8 Å². The Balaban J connectivity index is 0.00000176. The molecule has 8 heteroatoms. The monoisotopic (exact) mass is 450 g/mol. The molecular weight excluding hydrogens is 407 g/mol. The number of aliphatic imine (C=N–C) groups is 1. The van der Waals surface area contributed by atoms with Crippen molar-refractivity contribution < 1.29 is 24.3 Å². The minimum absolute atomic E-state index is 0.0657. The molecule has 3 unspecified atom stereocenters. The van der Waals surface area contributed by atoms with Crippen molar-refractivity contribution in [1.82, 2.24) is 0 Å². The van der Waals surface area contributed by atoms with Gasteiger partial charge in [0.1, 0.15) is 12.2 Å². The third-order valence-electron chi connectivity index (χ3n) is 6.85. The van der Waals surface area contributed by atoms with E-state index in [4.69, 9.17) is 19.8 Å². The Morgan fingerprint density at radius 2 is 1.81 bits per heavy atom. The van der Waals surface area contributed by atoms with Crippen LogP contribution in [0.1, 0.15) is 74.7 Å². The SMILES string of the molecule is CC.CN=C(/C=C(\N)OCC(C)(C)O)C1(O)CC2C=C(B3OC(C)(C)C(C)(C)O3)CC2C1. The Morgan fingerprint density at radius 1 is 1.25 bits per heavy atom. The molecule has 2 aliphatic carbocycles. The summed E-state index contributed by atoms with van der Waals surface area (Å²) >= 11 is 0. The summed E-state index contributed by atoms with van der Waals surface area (Å²) in [6.07, 6.45) is 5.80. The predicted octanol–water partition coefficient (Wildman–Crippen LogP) is 3.39. The molecule has 2 fully saturated rings. The molecule has 1 saturated heterocycles. The van der Waals surface area contributed by atoms with Crippen molar-refractivity contribution in [3.63, 3.8) is 0 Å². The molecule has 0 bridgehead atoms. The molecule has 0 aromatic heterocycles. The quantitative estimate of drug-likeness (QED) is 0.325. The number of aliphatic hydroxyl groups is 2. The Morgan fingerprint density at radius 3 is 2.28 bits per heavy atom. The van der Waals surface area contributed by atoms with Crippen LogP contribution in [0, 0.1) is 11.8 Å². The molecule has 0 aromatic carbocycles. The van der Waals surface area contributed by atoms with Crippen LogP contribution < -0.4 is 5.73 Å². The average Bonchev–Trinajstić information content (AvgIpc) is 3.26. The molecule has 182 valence electrons. The second-order valence-electron chi connectivity index (χ2n) is 10.7. The lowest BCUT2D eigenvalue weighted by molar-refractivity contribution is 0.00239. The van der Waals surface area contributed by atoms with Gasteiger partial charge in [0, 0.05) is 13.1 Å². The van der Waals surface area contributed by atoms with Crippen molar-refractivity contribution in [2.24, 2.45) is 22.6 Å². The summed E-state index contributed by atoms with van der Waals surface area (Å²) in [6, 6.07) is 0. The maximum absolute atomic E-state index is 11.3. The number of nitrogens with two attached hydrogens (primary N) is 1. The van der Waals surface area contributed by atoms with Gasteiger partial charge in [-0.2, -0.15) is 0 Å². The summed E-state index contributed by atoms with van der Waals surface area (Å²) in [5.74, 6) is 0.692. The summed E-state index contributed by atoms with van der Waals surface area (Å²) in [6.45, 7) is 15.6. The van der Waals surface area contributed by atoms with E-state index < -0.39 is 11.2 Å². The second kappa shape index (κ2) is 9.49. The highest BCUT2D eigenvalue weighted by atomic mass is 16.7. The van der Waals surface area contributed by atoms with Gasteiger partial charge < -0.3 is 30.0 Å². The van der Waals surface area contributed by atoms with Crippen LogP contribution in [0.3, 0.4) is 0 Å². The predicted molar refractivity (Wildman–Crippen MR) is 129 cm³/mol. The third-order valence-corrected chi connectivity index (χ3v) is 6.85. The normalized spacial score (nSPS) is 31.7. The molecule has 3 rings (SSSR count). The maximum atomic E-state index is 11.3. The lowest BCUT2D eigenvalue weighted by atomic mass is 9.76. The Hall–Kier alpha value is -1.35. The van der Waals surface area contributed by atoms with Crippen molar-refractivity contribution in [3.8, 4) is 0 Å². The fourth-order valence-corrected chi connectivity index (χ4v) is 4.51. The first-order valence-electron chi connectivity index (χ1n) is 11.7. The van der Waals surface area contributed by atoms with Crippen molar-refractivity contribution >= 4 is 12.8 Å². The highest BCUT2D eigenvalue weighted by molar-refractivity contribution is 6.54. The first-order valence-corrected chi connectivity index (χ1v) is 11.7. The fraction of sp³-hybridized carbons (Fsp3) is 0.792. The lowest BCUT2D eigenvalue weighted by Crippen LogP contribution is -2.41. The van der Waals surface area contributed by atoms with E-state index in [1.165, 1.54) is 5.47 Å². The number of hydrogen-bond acceptors (Lipinski definition) is 7. The molecule has 32 heavy (non-hydrogen) atoms. The number of nitrogens with zero attached hydrogens (tertiary/aromatic N) is 1. The smallest absolute Gasteiger partial charge is 0.476 e. The van der Waals surface area contributed by atoms with Crippen molar-refractivity contribution in [1.29, 1.82) is 0 Å². The number of allylic oxidation sites excluding steroid dienone is 2. The minimum atomic E-state index is -1.05. The number of fused-ring (bicyclic) bond motifs is 1. The van der Waals surface area contributed by atoms with Gasteiger partial charge in [0.25, 0.3) is 0 Å². The highest BCUT2D eigenvalue weighted by Crippen LogP contribution is 2.50. The molecule has 1 aliphatic heterocycles. The number of rotatable bonds is 6. The average molecular weight is 450 g/mol. The first kappa shape index (κ1) is 26.9. The van der Waals surface area contributed by atoms with Crippen LogP contribution in [-0.2, 0) is 14.0 Å². The van der Waals surface area contributed by atoms with E-state index in [1.54, 1.807) is 27.0 Å². The molecule has 1 saturated carbocycles. The summed E-state index contributed by atoms with van der Waals surface area (Å²) in [7, 11) is 1.33. The summed E-state index contributed by atoms with van der Waals surface area (Å²) in [5.41, 5.74) is 4.87. The third kappa shape index (κ3) is 5.77. The van der Waals surface area contributed by atoms with E-state index in [0.29, 0.717) is 24.5 Å². The molecule has 0 aromatic rings. The molecule has 0 radical (unpaired) electrons. The Bertz CT molecular complexity index is 753. The molecule has 0 spiro atoms. The Kier molecular flexibility index (Phi) is 7.98. The topological polar surface area (TPSA) is 107 Å². The van der Waals surface area contributed by atoms with E-state index in [1.807, 2.05) is 13.8 Å². The number of ether oxygens (including phenoxy) is 1. The fourth-order valence-electron chi connectivity index (χ4n) is 4.51. The highest BCUT2D eigenvalue weighted by Gasteiger charge is 2.55. The maximum Gasteiger partial charge on any atom is 0.490 e. The van der Waals surface area contributed by atoms with Gasteiger partial charge in [-0.05, 0) is 78.1 Å². The van der Waals surface area contributed by atoms with Crippen LogP contribution in [0.15, 0.2) is 28.5 Å². The van der Waals surface area contributed by atoms with Gasteiger partial charge in [0.05, 0.1) is 22.5 Å². The van der Waals surface area contributed by atoms with E-state index >= 15 is 0 Å². The van der Waals surface area contributed by atoms with Crippen LogP contribution in [0.4, 0.5) is 0 Å². The minimum Gasteiger partial charge on any atom is -0.476 e. The van der Waals surface area contributed by atoms with E-state index in [9.17, 15) is 10.2 Å². The summed E-state index contributed by atoms with van der Waals surface area (Å²) in [4.78, 5) is 4.29. The molecular formula is C24H43BN2O5. The molecule has 1 heterocycles. The van der Waals surface area contributed by atoms with Gasteiger partial charge >= 0.3 is 7.12 Å². The van der Waals surface area contributed by atoms with E-state index in [0.717, 1.165) is 6.42 Å². The zero-order chi connectivity index (χ0) is 24.5. The van der Waals surface area contributed by atoms with Gasteiger partial charge in [0.15, 0.2) is 5.88 Å². The largest absolute Gasteiger partial charge is 0.490 e. The number of hydrogen-bond donors (Lipinski definition) is 3. The first-order chi connectivity index (χ1) is 14.7. The molecule has 3 atom stereocenters. The van der Waals surface area contributed by atoms with Crippen LogP contribution in [0.25, 0.3) is 0 Å². The van der Waals surface area contributed by atoms with Crippen molar-refractivity contribution in [2.75, 3.05) is 13.7 Å². The zero-order valence-electron chi connectivity index (χ0n) is 21.4. The lowest BCUT2D eigenvalue weighted by Gasteiger charge is -2.32. The zero-order valence-corrected chi connectivity index (χ0v) is 21.4. The Labute approximate surface area is 194 Å². The molecule has 7 nitrogen and oxygen atoms in total. The van der Waals surface area contributed by atoms with Gasteiger partial charge in [-0.1, -0.05) is 19.9 Å². The summed E-state index contributed by atoms with van der Waals surface area (Å²) in [5, 5.41) is 21.1. The van der Waals surface area contributed by atoms with Crippen molar-refractivity contribution in [2.45, 2.75) is 97.1 Å². The van der Waals surface area contributed by atoms with Crippen LogP contribution in [0.5, 0.6) is 0 Å². The van der Waals surface area contributed by atoms with Crippen LogP contribution >= 0.6 is 0 Å². The van der Waals surface area contributed by atoms with Crippen LogP contribution in [-0.4, -0.2) is 59.1 Å². The molecule has 4 N–H and O–H groups in total. The van der Waals surface area contributed by atoms with Crippen molar-refractivity contribution in [3.05, 3.63) is 23.5 Å². The van der Waals surface area contributed by atoms with E-state index in [-0.39, 0.29) is 36.7 Å². The summed E-state index contributed by atoms with van der Waals surface area (Å²) < 4.78 is 17.8. The van der Waals surface area contributed by atoms with Crippen LogP contribution in [0.2, 0.25) is 0 Å². The van der Waals surface area contributed by atoms with Gasteiger partial charge in [0.2, 0.25) is 0 Å². The van der Waals surface area contributed by atoms with Gasteiger partial charge in [-0.3, -0.25) is 4.99 Å². The van der Waals surface area contributed by atoms with Gasteiger partial charge in [-0.25, -0.2) is 0 Å². The molecule has 3 aliphatic rings. The molecule has 0 amide bonds. The van der Waals surface area contributed by atoms with Gasteiger partial charge in [-0.15, -0.1) is 0 Å². The second-order valence-corrected chi connectivity index (χ2v) is 10.7.